The van der Waals surface area contributed by atoms with Crippen molar-refractivity contribution < 1.29 is 13.9 Å². The number of hydrogen-bond acceptors (Lipinski definition) is 6. The lowest BCUT2D eigenvalue weighted by Gasteiger charge is -2.04. The lowest BCUT2D eigenvalue weighted by Crippen LogP contribution is -2.14. The first kappa shape index (κ1) is 13.6. The molecule has 0 radical (unpaired) electrons. The highest BCUT2D eigenvalue weighted by Crippen LogP contribution is 2.27. The molecule has 5 nitrogen and oxygen atoms in total. The molecule has 1 aromatic heterocycles. The van der Waals surface area contributed by atoms with Gasteiger partial charge in [0, 0.05) is 5.56 Å². The first-order valence-corrected chi connectivity index (χ1v) is 6.63. The highest BCUT2D eigenvalue weighted by atomic mass is 32.2. The third-order valence-corrected chi connectivity index (χ3v) is 3.51. The van der Waals surface area contributed by atoms with E-state index in [1.807, 2.05) is 31.2 Å². The van der Waals surface area contributed by atoms with Gasteiger partial charge in [0.05, 0.1) is 7.11 Å². The Hall–Kier alpha value is -1.82. The molecule has 0 fully saturated rings. The van der Waals surface area contributed by atoms with E-state index in [9.17, 15) is 4.79 Å². The normalized spacial score (nSPS) is 12.2. The van der Waals surface area contributed by atoms with Crippen LogP contribution in [0, 0.1) is 6.92 Å². The molecule has 100 valence electrons. The topological polar surface area (TPSA) is 65.2 Å². The van der Waals surface area contributed by atoms with Crippen LogP contribution in [0.5, 0.6) is 0 Å². The average Bonchev–Trinajstić information content (AvgIpc) is 2.86. The Balaban J connectivity index is 2.16. The second kappa shape index (κ2) is 5.88. The SMILES string of the molecule is COC(=O)C(C)Sc1nnc(-c2ccccc2C)o1. The molecule has 1 unspecified atom stereocenters. The van der Waals surface area contributed by atoms with Crippen molar-refractivity contribution in [2.45, 2.75) is 24.3 Å². The van der Waals surface area contributed by atoms with Gasteiger partial charge in [-0.05, 0) is 25.5 Å². The molecule has 1 aromatic carbocycles. The lowest BCUT2D eigenvalue weighted by molar-refractivity contribution is -0.139. The van der Waals surface area contributed by atoms with Crippen LogP contribution in [0.25, 0.3) is 11.5 Å². The van der Waals surface area contributed by atoms with Crippen molar-refractivity contribution in [2.75, 3.05) is 7.11 Å². The second-order valence-electron chi connectivity index (χ2n) is 3.97. The van der Waals surface area contributed by atoms with E-state index in [1.165, 1.54) is 18.9 Å². The summed E-state index contributed by atoms with van der Waals surface area (Å²) in [6, 6.07) is 7.76. The van der Waals surface area contributed by atoms with Crippen molar-refractivity contribution in [3.8, 4) is 11.5 Å². The van der Waals surface area contributed by atoms with E-state index < -0.39 is 0 Å². The summed E-state index contributed by atoms with van der Waals surface area (Å²) in [7, 11) is 1.35. The first-order chi connectivity index (χ1) is 9.11. The van der Waals surface area contributed by atoms with Crippen molar-refractivity contribution in [3.05, 3.63) is 29.8 Å². The summed E-state index contributed by atoms with van der Waals surface area (Å²) >= 11 is 1.18. The Labute approximate surface area is 115 Å². The molecule has 1 heterocycles. The van der Waals surface area contributed by atoms with Gasteiger partial charge < -0.3 is 9.15 Å². The van der Waals surface area contributed by atoms with Crippen LogP contribution >= 0.6 is 11.8 Å². The highest BCUT2D eigenvalue weighted by molar-refractivity contribution is 8.00. The minimum Gasteiger partial charge on any atom is -0.468 e. The number of carbonyl (C=O) groups is 1. The van der Waals surface area contributed by atoms with Gasteiger partial charge in [-0.1, -0.05) is 30.0 Å². The number of esters is 1. The van der Waals surface area contributed by atoms with Crippen LogP contribution in [-0.4, -0.2) is 28.5 Å². The van der Waals surface area contributed by atoms with Crippen LogP contribution in [0.2, 0.25) is 0 Å². The number of methoxy groups -OCH3 is 1. The van der Waals surface area contributed by atoms with Crippen molar-refractivity contribution in [1.82, 2.24) is 10.2 Å². The van der Waals surface area contributed by atoms with Crippen molar-refractivity contribution >= 4 is 17.7 Å². The Morgan fingerprint density at radius 1 is 1.37 bits per heavy atom. The summed E-state index contributed by atoms with van der Waals surface area (Å²) < 4.78 is 10.2. The molecule has 0 saturated heterocycles. The van der Waals surface area contributed by atoms with Gasteiger partial charge >= 0.3 is 5.97 Å². The number of thioether (sulfide) groups is 1. The number of aromatic nitrogens is 2. The van der Waals surface area contributed by atoms with E-state index in [4.69, 9.17) is 4.42 Å². The number of benzene rings is 1. The number of rotatable bonds is 4. The molecule has 6 heteroatoms. The predicted molar refractivity (Wildman–Crippen MR) is 71.8 cm³/mol. The number of ether oxygens (including phenoxy) is 1. The number of hydrogen-bond donors (Lipinski definition) is 0. The maximum absolute atomic E-state index is 11.3. The van der Waals surface area contributed by atoms with E-state index in [1.54, 1.807) is 6.92 Å². The third kappa shape index (κ3) is 3.14. The minimum absolute atomic E-state index is 0.319. The Kier molecular flexibility index (Phi) is 4.21. The highest BCUT2D eigenvalue weighted by Gasteiger charge is 2.19. The van der Waals surface area contributed by atoms with Gasteiger partial charge in [0.1, 0.15) is 5.25 Å². The molecule has 2 rings (SSSR count). The number of nitrogens with zero attached hydrogens (tertiary/aromatic N) is 2. The fraction of sp³-hybridized carbons (Fsp3) is 0.308. The molecule has 0 spiro atoms. The molecule has 0 bridgehead atoms. The molecule has 0 aliphatic carbocycles. The van der Waals surface area contributed by atoms with Crippen molar-refractivity contribution in [2.24, 2.45) is 0 Å². The van der Waals surface area contributed by atoms with Crippen LogP contribution in [0.15, 0.2) is 33.9 Å². The van der Waals surface area contributed by atoms with Crippen LogP contribution < -0.4 is 0 Å². The fourth-order valence-corrected chi connectivity index (χ4v) is 2.25. The third-order valence-electron chi connectivity index (χ3n) is 2.59. The van der Waals surface area contributed by atoms with Crippen LogP contribution in [0.3, 0.4) is 0 Å². The maximum Gasteiger partial charge on any atom is 0.319 e. The summed E-state index contributed by atoms with van der Waals surface area (Å²) in [5.74, 6) is 0.137. The zero-order chi connectivity index (χ0) is 13.8. The monoisotopic (exact) mass is 278 g/mol. The molecule has 1 atom stereocenters. The summed E-state index contributed by atoms with van der Waals surface area (Å²) in [4.78, 5) is 11.3. The molecular weight excluding hydrogens is 264 g/mol. The smallest absolute Gasteiger partial charge is 0.319 e. The fourth-order valence-electron chi connectivity index (χ4n) is 1.54. The zero-order valence-corrected chi connectivity index (χ0v) is 11.7. The average molecular weight is 278 g/mol. The Morgan fingerprint density at radius 3 is 2.79 bits per heavy atom. The zero-order valence-electron chi connectivity index (χ0n) is 10.9. The van der Waals surface area contributed by atoms with E-state index in [2.05, 4.69) is 14.9 Å². The molecule has 19 heavy (non-hydrogen) atoms. The van der Waals surface area contributed by atoms with E-state index in [0.717, 1.165) is 11.1 Å². The summed E-state index contributed by atoms with van der Waals surface area (Å²) in [6.07, 6.45) is 0. The molecule has 0 saturated carbocycles. The molecule has 0 aliphatic rings. The van der Waals surface area contributed by atoms with Gasteiger partial charge in [0.25, 0.3) is 5.22 Å². The first-order valence-electron chi connectivity index (χ1n) is 5.76. The van der Waals surface area contributed by atoms with E-state index >= 15 is 0 Å². The maximum atomic E-state index is 11.3. The largest absolute Gasteiger partial charge is 0.468 e. The quantitative estimate of drug-likeness (QED) is 0.633. The Bertz CT molecular complexity index is 583. The van der Waals surface area contributed by atoms with Gasteiger partial charge in [-0.3, -0.25) is 4.79 Å². The van der Waals surface area contributed by atoms with Gasteiger partial charge in [0.2, 0.25) is 5.89 Å². The van der Waals surface area contributed by atoms with Gasteiger partial charge in [-0.15, -0.1) is 10.2 Å². The molecule has 2 aromatic rings. The Morgan fingerprint density at radius 2 is 2.11 bits per heavy atom. The van der Waals surface area contributed by atoms with Gasteiger partial charge in [-0.25, -0.2) is 0 Å². The number of aryl methyl sites for hydroxylation is 1. The van der Waals surface area contributed by atoms with Crippen LogP contribution in [0.1, 0.15) is 12.5 Å². The molecule has 0 aliphatic heterocycles. The predicted octanol–water partition coefficient (Wildman–Crippen LogP) is 2.70. The molecule has 0 N–H and O–H groups in total. The summed E-state index contributed by atoms with van der Waals surface area (Å²) in [6.45, 7) is 3.71. The molecule has 0 amide bonds. The minimum atomic E-state index is -0.379. The van der Waals surface area contributed by atoms with Crippen molar-refractivity contribution in [1.29, 1.82) is 0 Å². The second-order valence-corrected chi connectivity index (χ2v) is 5.26. The lowest BCUT2D eigenvalue weighted by atomic mass is 10.1. The summed E-state index contributed by atoms with van der Waals surface area (Å²) in [5.41, 5.74) is 1.95. The standard InChI is InChI=1S/C13H14N2O3S/c1-8-6-4-5-7-10(8)11-14-15-13(18-11)19-9(2)12(16)17-3/h4-7,9H,1-3H3. The number of carbonyl (C=O) groups excluding carboxylic acids is 1. The van der Waals surface area contributed by atoms with E-state index in [0.29, 0.717) is 11.1 Å². The molecular formula is C13H14N2O3S. The van der Waals surface area contributed by atoms with Gasteiger partial charge in [0.15, 0.2) is 0 Å². The summed E-state index contributed by atoms with van der Waals surface area (Å²) in [5, 5.41) is 7.90. The van der Waals surface area contributed by atoms with Crippen molar-refractivity contribution in [3.63, 3.8) is 0 Å². The van der Waals surface area contributed by atoms with E-state index in [-0.39, 0.29) is 11.2 Å². The van der Waals surface area contributed by atoms with Gasteiger partial charge in [-0.2, -0.15) is 0 Å². The van der Waals surface area contributed by atoms with Crippen LogP contribution in [0.4, 0.5) is 0 Å². The van der Waals surface area contributed by atoms with Crippen LogP contribution in [-0.2, 0) is 9.53 Å².